The number of pyridine rings is 1. The predicted octanol–water partition coefficient (Wildman–Crippen LogP) is 2.74. The zero-order valence-electron chi connectivity index (χ0n) is 13.2. The summed E-state index contributed by atoms with van der Waals surface area (Å²) >= 11 is 0. The van der Waals surface area contributed by atoms with Crippen molar-refractivity contribution in [1.29, 1.82) is 0 Å². The van der Waals surface area contributed by atoms with Crippen molar-refractivity contribution in [3.05, 3.63) is 43.1 Å². The Kier molecular flexibility index (Phi) is 3.12. The largest absolute Gasteiger partial charge is 0.451 e. The highest BCUT2D eigenvalue weighted by atomic mass is 16.3. The van der Waals surface area contributed by atoms with Crippen LogP contribution in [0.4, 0.5) is 0 Å². The first-order valence-electron chi connectivity index (χ1n) is 8.26. The summed E-state index contributed by atoms with van der Waals surface area (Å²) in [4.78, 5) is 18.9. The van der Waals surface area contributed by atoms with E-state index in [-0.39, 0.29) is 0 Å². The molecule has 7 heteroatoms. The molecule has 5 rings (SSSR count). The van der Waals surface area contributed by atoms with E-state index in [1.165, 1.54) is 18.3 Å². The fourth-order valence-corrected chi connectivity index (χ4v) is 3.75. The lowest BCUT2D eigenvalue weighted by molar-refractivity contribution is 0.170. The molecule has 0 spiro atoms. The summed E-state index contributed by atoms with van der Waals surface area (Å²) in [5.41, 5.74) is 4.04. The number of H-pyrrole nitrogens is 1. The average molecular weight is 322 g/mol. The van der Waals surface area contributed by atoms with Crippen molar-refractivity contribution in [3.63, 3.8) is 0 Å². The van der Waals surface area contributed by atoms with Crippen molar-refractivity contribution in [2.45, 2.75) is 25.4 Å². The van der Waals surface area contributed by atoms with Crippen LogP contribution in [-0.2, 0) is 6.54 Å². The van der Waals surface area contributed by atoms with Crippen LogP contribution in [0.25, 0.3) is 22.1 Å². The molecule has 4 aromatic rings. The number of nitrogens with one attached hydrogen (secondary N) is 1. The summed E-state index contributed by atoms with van der Waals surface area (Å²) in [6, 6.07) is 2.50. The number of likely N-dealkylation sites (tertiary alicyclic amines) is 1. The molecule has 122 valence electrons. The molecule has 1 atom stereocenters. The summed E-state index contributed by atoms with van der Waals surface area (Å²) in [5.74, 6) is 0. The highest BCUT2D eigenvalue weighted by molar-refractivity contribution is 6.00. The first-order chi connectivity index (χ1) is 11.9. The molecular weight excluding hydrogens is 304 g/mol. The molecule has 1 saturated heterocycles. The molecule has 1 aliphatic heterocycles. The monoisotopic (exact) mass is 322 g/mol. The minimum atomic E-state index is 0.413. The lowest BCUT2D eigenvalue weighted by Gasteiger charge is -2.33. The van der Waals surface area contributed by atoms with Crippen molar-refractivity contribution < 1.29 is 4.42 Å². The average Bonchev–Trinajstić information content (AvgIpc) is 3.34. The molecule has 0 radical (unpaired) electrons. The molecule has 0 aliphatic carbocycles. The Bertz CT molecular complexity index is 970. The minimum Gasteiger partial charge on any atom is -0.451 e. The first kappa shape index (κ1) is 13.7. The number of aromatic amines is 1. The van der Waals surface area contributed by atoms with Gasteiger partial charge in [-0.1, -0.05) is 0 Å². The van der Waals surface area contributed by atoms with Gasteiger partial charge in [0.15, 0.2) is 6.39 Å². The topological polar surface area (TPSA) is 75.8 Å². The Balaban J connectivity index is 1.49. The van der Waals surface area contributed by atoms with Crippen LogP contribution in [0.2, 0.25) is 0 Å². The Labute approximate surface area is 138 Å². The number of fused-ring (bicyclic) bond motifs is 3. The lowest BCUT2D eigenvalue weighted by Crippen LogP contribution is -2.36. The number of aromatic nitrogens is 5. The van der Waals surface area contributed by atoms with E-state index in [2.05, 4.69) is 35.5 Å². The van der Waals surface area contributed by atoms with Gasteiger partial charge in [-0.05, 0) is 25.5 Å². The summed E-state index contributed by atoms with van der Waals surface area (Å²) in [6.45, 7) is 2.92. The van der Waals surface area contributed by atoms with Gasteiger partial charge in [-0.3, -0.25) is 4.90 Å². The first-order valence-corrected chi connectivity index (χ1v) is 8.26. The maximum absolute atomic E-state index is 5.09. The number of rotatable bonds is 3. The Hall–Kier alpha value is -2.67. The van der Waals surface area contributed by atoms with Crippen LogP contribution in [0.5, 0.6) is 0 Å². The third-order valence-corrected chi connectivity index (χ3v) is 4.86. The summed E-state index contributed by atoms with van der Waals surface area (Å²) in [7, 11) is 0. The van der Waals surface area contributed by atoms with Crippen LogP contribution in [0.15, 0.2) is 41.9 Å². The normalized spacial score (nSPS) is 19.4. The molecule has 1 aliphatic rings. The molecule has 24 heavy (non-hydrogen) atoms. The van der Waals surface area contributed by atoms with E-state index in [4.69, 9.17) is 4.42 Å². The van der Waals surface area contributed by atoms with E-state index in [0.29, 0.717) is 6.04 Å². The number of nitrogens with zero attached hydrogens (tertiary/aromatic N) is 5. The van der Waals surface area contributed by atoms with Crippen molar-refractivity contribution in [1.82, 2.24) is 29.4 Å². The molecule has 5 heterocycles. The molecule has 0 aromatic carbocycles. The molecule has 0 amide bonds. The van der Waals surface area contributed by atoms with E-state index in [0.717, 1.165) is 48.3 Å². The van der Waals surface area contributed by atoms with Crippen molar-refractivity contribution in [3.8, 4) is 0 Å². The molecular formula is C17H18N6O. The predicted molar refractivity (Wildman–Crippen MR) is 89.4 cm³/mol. The van der Waals surface area contributed by atoms with Gasteiger partial charge < -0.3 is 14.0 Å². The van der Waals surface area contributed by atoms with E-state index >= 15 is 0 Å². The second-order valence-electron chi connectivity index (χ2n) is 6.39. The van der Waals surface area contributed by atoms with Gasteiger partial charge in [-0.15, -0.1) is 0 Å². The number of hydrogen-bond donors (Lipinski definition) is 1. The number of hydrogen-bond acceptors (Lipinski definition) is 5. The zero-order valence-corrected chi connectivity index (χ0v) is 13.2. The van der Waals surface area contributed by atoms with Gasteiger partial charge in [0.2, 0.25) is 0 Å². The van der Waals surface area contributed by atoms with Gasteiger partial charge >= 0.3 is 0 Å². The van der Waals surface area contributed by atoms with Crippen LogP contribution < -0.4 is 0 Å². The summed E-state index contributed by atoms with van der Waals surface area (Å²) in [6.07, 6.45) is 11.3. The molecule has 0 bridgehead atoms. The summed E-state index contributed by atoms with van der Waals surface area (Å²) in [5, 5.41) is 1.14. The molecule has 4 aromatic heterocycles. The highest BCUT2D eigenvalue weighted by Crippen LogP contribution is 2.29. The van der Waals surface area contributed by atoms with E-state index in [1.807, 2.05) is 18.7 Å². The van der Waals surface area contributed by atoms with Crippen LogP contribution in [0.3, 0.4) is 0 Å². The molecule has 7 nitrogen and oxygen atoms in total. The van der Waals surface area contributed by atoms with Crippen molar-refractivity contribution in [2.75, 3.05) is 13.1 Å². The third-order valence-electron chi connectivity index (χ3n) is 4.86. The van der Waals surface area contributed by atoms with Crippen molar-refractivity contribution >= 4 is 22.1 Å². The second-order valence-corrected chi connectivity index (χ2v) is 6.39. The summed E-state index contributed by atoms with van der Waals surface area (Å²) < 4.78 is 7.41. The van der Waals surface area contributed by atoms with Gasteiger partial charge in [-0.2, -0.15) is 0 Å². The van der Waals surface area contributed by atoms with E-state index < -0.39 is 0 Å². The minimum absolute atomic E-state index is 0.413. The zero-order chi connectivity index (χ0) is 15.9. The maximum atomic E-state index is 5.09. The Morgan fingerprint density at radius 2 is 2.29 bits per heavy atom. The van der Waals surface area contributed by atoms with E-state index in [1.54, 1.807) is 6.26 Å². The van der Waals surface area contributed by atoms with Crippen LogP contribution in [0, 0.1) is 0 Å². The Morgan fingerprint density at radius 1 is 1.29 bits per heavy atom. The lowest BCUT2D eigenvalue weighted by atomic mass is 10.0. The highest BCUT2D eigenvalue weighted by Gasteiger charge is 2.24. The van der Waals surface area contributed by atoms with Crippen LogP contribution in [0.1, 0.15) is 24.6 Å². The molecule has 0 unspecified atom stereocenters. The number of oxazole rings is 1. The van der Waals surface area contributed by atoms with Crippen LogP contribution in [-0.4, -0.2) is 42.5 Å². The SMILES string of the molecule is c1cc2c(ncc3ncn([C@@H]4CCCN(Cc5cocn5)C4)c32)[nH]1. The fourth-order valence-electron chi connectivity index (χ4n) is 3.75. The van der Waals surface area contributed by atoms with E-state index in [9.17, 15) is 0 Å². The van der Waals surface area contributed by atoms with Gasteiger partial charge in [-0.25, -0.2) is 15.0 Å². The van der Waals surface area contributed by atoms with Gasteiger partial charge in [0.25, 0.3) is 0 Å². The second kappa shape index (κ2) is 5.45. The quantitative estimate of drug-likeness (QED) is 0.627. The molecule has 0 saturated carbocycles. The van der Waals surface area contributed by atoms with Gasteiger partial charge in [0.05, 0.1) is 23.7 Å². The smallest absolute Gasteiger partial charge is 0.180 e. The van der Waals surface area contributed by atoms with Crippen molar-refractivity contribution in [2.24, 2.45) is 0 Å². The number of piperidine rings is 1. The fraction of sp³-hybridized carbons (Fsp3) is 0.353. The number of imidazole rings is 1. The standard InChI is InChI=1S/C17H18N6O/c1-2-13(8-22(5-1)7-12-9-24-11-21-12)23-10-20-15-6-19-17-14(16(15)23)3-4-18-17/h3-4,6,9-11,13H,1-2,5,7-8H2,(H,18,19)/t13-/m1/s1. The van der Waals surface area contributed by atoms with Gasteiger partial charge in [0, 0.05) is 30.7 Å². The third kappa shape index (κ3) is 2.20. The van der Waals surface area contributed by atoms with Crippen LogP contribution >= 0.6 is 0 Å². The molecule has 1 fully saturated rings. The maximum Gasteiger partial charge on any atom is 0.180 e. The molecule has 1 N–H and O–H groups in total. The Morgan fingerprint density at radius 3 is 3.21 bits per heavy atom. The van der Waals surface area contributed by atoms with Gasteiger partial charge in [0.1, 0.15) is 17.4 Å².